The summed E-state index contributed by atoms with van der Waals surface area (Å²) in [5, 5.41) is 29.7. The lowest BCUT2D eigenvalue weighted by Crippen LogP contribution is -2.29. The van der Waals surface area contributed by atoms with Crippen LogP contribution in [0, 0.1) is 18.3 Å². The Morgan fingerprint density at radius 3 is 2.84 bits per heavy atom. The van der Waals surface area contributed by atoms with Gasteiger partial charge in [-0.3, -0.25) is 9.99 Å². The van der Waals surface area contributed by atoms with E-state index in [4.69, 9.17) is 10.2 Å². The van der Waals surface area contributed by atoms with Crippen LogP contribution in [0.2, 0.25) is 0 Å². The first-order chi connectivity index (χ1) is 15.1. The summed E-state index contributed by atoms with van der Waals surface area (Å²) in [5.74, 6) is 0. The molecule has 0 saturated carbocycles. The molecule has 1 unspecified atom stereocenters. The number of fused-ring (bicyclic) bond motifs is 2. The molecule has 0 aliphatic carbocycles. The zero-order chi connectivity index (χ0) is 21.4. The first-order valence-electron chi connectivity index (χ1n) is 10.1. The number of nitriles is 1. The van der Waals surface area contributed by atoms with Gasteiger partial charge in [0.25, 0.3) is 0 Å². The van der Waals surface area contributed by atoms with E-state index in [1.165, 1.54) is 0 Å². The molecule has 4 aromatic rings. The highest BCUT2D eigenvalue weighted by Gasteiger charge is 2.28. The number of para-hydroxylation sites is 1. The molecule has 0 spiro atoms. The van der Waals surface area contributed by atoms with Crippen LogP contribution >= 0.6 is 11.3 Å². The average Bonchev–Trinajstić information content (AvgIpc) is 3.23. The second-order valence-electron chi connectivity index (χ2n) is 7.60. The fourth-order valence-electron chi connectivity index (χ4n) is 3.99. The van der Waals surface area contributed by atoms with Crippen molar-refractivity contribution in [3.63, 3.8) is 0 Å². The van der Waals surface area contributed by atoms with Gasteiger partial charge in [0.2, 0.25) is 0 Å². The number of benzene rings is 2. The Morgan fingerprint density at radius 2 is 2.00 bits per heavy atom. The maximum atomic E-state index is 11.1. The smallest absolute Gasteiger partial charge is 0.170 e. The quantitative estimate of drug-likeness (QED) is 0.499. The lowest BCUT2D eigenvalue weighted by atomic mass is 9.96. The van der Waals surface area contributed by atoms with Crippen LogP contribution in [0.15, 0.2) is 65.1 Å². The molecule has 5 nitrogen and oxygen atoms in total. The molecule has 6 heteroatoms. The Bertz CT molecular complexity index is 1350. The highest BCUT2D eigenvalue weighted by molar-refractivity contribution is 7.12. The second kappa shape index (κ2) is 7.95. The maximum absolute atomic E-state index is 11.1. The van der Waals surface area contributed by atoms with Crippen LogP contribution in [0.4, 0.5) is 0 Å². The Balaban J connectivity index is 1.39. The molecule has 5 rings (SSSR count). The van der Waals surface area contributed by atoms with E-state index in [0.29, 0.717) is 18.5 Å². The average molecular weight is 425 g/mol. The molecule has 2 aromatic heterocycles. The number of aliphatic hydroxyl groups is 1. The third kappa shape index (κ3) is 3.59. The largest absolute Gasteiger partial charge is 0.368 e. The number of hydrazone groups is 1. The van der Waals surface area contributed by atoms with Crippen LogP contribution in [0.3, 0.4) is 0 Å². The van der Waals surface area contributed by atoms with Crippen LogP contribution in [0.1, 0.15) is 33.5 Å². The summed E-state index contributed by atoms with van der Waals surface area (Å²) >= 11 is 1.57. The SMILES string of the molecule is Cc1cc(C#N)ccc1-c1csc2c1C(O)N(CCc1ccc3ccccc3n1)N=C2. The van der Waals surface area contributed by atoms with Gasteiger partial charge in [0.05, 0.1) is 28.2 Å². The van der Waals surface area contributed by atoms with Crippen molar-refractivity contribution in [2.24, 2.45) is 5.10 Å². The van der Waals surface area contributed by atoms with Crippen LogP contribution in [0.25, 0.3) is 22.0 Å². The number of thiophene rings is 1. The third-order valence-corrected chi connectivity index (χ3v) is 6.55. The number of aliphatic hydroxyl groups excluding tert-OH is 1. The second-order valence-corrected chi connectivity index (χ2v) is 8.51. The molecule has 0 fully saturated rings. The van der Waals surface area contributed by atoms with E-state index in [0.717, 1.165) is 43.7 Å². The molecule has 1 aliphatic heterocycles. The summed E-state index contributed by atoms with van der Waals surface area (Å²) in [7, 11) is 0. The molecular weight excluding hydrogens is 404 g/mol. The van der Waals surface area contributed by atoms with Crippen molar-refractivity contribution >= 4 is 28.5 Å². The molecule has 31 heavy (non-hydrogen) atoms. The number of hydrogen-bond acceptors (Lipinski definition) is 6. The molecule has 1 N–H and O–H groups in total. The number of pyridine rings is 1. The first kappa shape index (κ1) is 19.4. The predicted octanol–water partition coefficient (Wildman–Crippen LogP) is 5.03. The number of hydrogen-bond donors (Lipinski definition) is 1. The van der Waals surface area contributed by atoms with Crippen LogP contribution in [-0.4, -0.2) is 27.9 Å². The van der Waals surface area contributed by atoms with Crippen molar-refractivity contribution in [1.82, 2.24) is 9.99 Å². The molecule has 0 saturated heterocycles. The van der Waals surface area contributed by atoms with Gasteiger partial charge < -0.3 is 5.11 Å². The van der Waals surface area contributed by atoms with Gasteiger partial charge in [0, 0.05) is 35.2 Å². The Labute approximate surface area is 184 Å². The van der Waals surface area contributed by atoms with Gasteiger partial charge in [-0.15, -0.1) is 11.3 Å². The Kier molecular flexibility index (Phi) is 4.99. The topological polar surface area (TPSA) is 72.5 Å². The minimum Gasteiger partial charge on any atom is -0.368 e. The maximum Gasteiger partial charge on any atom is 0.170 e. The van der Waals surface area contributed by atoms with Gasteiger partial charge in [0.1, 0.15) is 0 Å². The standard InChI is InChI=1S/C25H20N4OS/c1-16-12-17(13-26)6-9-20(16)21-15-31-23-14-27-29(25(30)24(21)23)11-10-19-8-7-18-4-2-3-5-22(18)28-19/h2-9,12,14-15,25,30H,10-11H2,1H3. The molecule has 1 atom stereocenters. The summed E-state index contributed by atoms with van der Waals surface area (Å²) < 4.78 is 0. The molecular formula is C25H20N4OS. The summed E-state index contributed by atoms with van der Waals surface area (Å²) in [6.45, 7) is 2.55. The van der Waals surface area contributed by atoms with Gasteiger partial charge in [-0.05, 0) is 47.7 Å². The third-order valence-electron chi connectivity index (χ3n) is 5.62. The van der Waals surface area contributed by atoms with E-state index < -0.39 is 6.23 Å². The molecule has 0 bridgehead atoms. The lowest BCUT2D eigenvalue weighted by molar-refractivity contribution is 0.00253. The van der Waals surface area contributed by atoms with Gasteiger partial charge >= 0.3 is 0 Å². The minimum atomic E-state index is -0.822. The summed E-state index contributed by atoms with van der Waals surface area (Å²) in [6.07, 6.45) is 1.68. The summed E-state index contributed by atoms with van der Waals surface area (Å²) in [6, 6.07) is 20.0. The highest BCUT2D eigenvalue weighted by atomic mass is 32.1. The van der Waals surface area contributed by atoms with E-state index >= 15 is 0 Å². The van der Waals surface area contributed by atoms with Crippen LogP contribution in [0.5, 0.6) is 0 Å². The Morgan fingerprint density at radius 1 is 1.13 bits per heavy atom. The van der Waals surface area contributed by atoms with Gasteiger partial charge in [-0.1, -0.05) is 30.3 Å². The van der Waals surface area contributed by atoms with E-state index in [-0.39, 0.29) is 0 Å². The zero-order valence-electron chi connectivity index (χ0n) is 17.0. The molecule has 152 valence electrons. The summed E-state index contributed by atoms with van der Waals surface area (Å²) in [4.78, 5) is 5.69. The number of rotatable bonds is 4. The van der Waals surface area contributed by atoms with Crippen molar-refractivity contribution in [3.8, 4) is 17.2 Å². The van der Waals surface area contributed by atoms with Gasteiger partial charge in [0.15, 0.2) is 6.23 Å². The first-order valence-corrected chi connectivity index (χ1v) is 11.0. The number of aromatic nitrogens is 1. The Hall–Kier alpha value is -3.53. The molecule has 1 aliphatic rings. The molecule has 3 heterocycles. The zero-order valence-corrected chi connectivity index (χ0v) is 17.8. The fraction of sp³-hybridized carbons (Fsp3) is 0.160. The van der Waals surface area contributed by atoms with Crippen molar-refractivity contribution < 1.29 is 5.11 Å². The van der Waals surface area contributed by atoms with E-state index in [1.54, 1.807) is 16.3 Å². The van der Waals surface area contributed by atoms with E-state index in [1.807, 2.05) is 55.6 Å². The van der Waals surface area contributed by atoms with Crippen molar-refractivity contribution in [3.05, 3.63) is 87.2 Å². The van der Waals surface area contributed by atoms with Crippen molar-refractivity contribution in [1.29, 1.82) is 5.26 Å². The number of aryl methyl sites for hydroxylation is 1. The van der Waals surface area contributed by atoms with Crippen LogP contribution in [-0.2, 0) is 6.42 Å². The van der Waals surface area contributed by atoms with E-state index in [2.05, 4.69) is 28.7 Å². The minimum absolute atomic E-state index is 0.560. The van der Waals surface area contributed by atoms with Crippen molar-refractivity contribution in [2.75, 3.05) is 6.54 Å². The van der Waals surface area contributed by atoms with Crippen molar-refractivity contribution in [2.45, 2.75) is 19.6 Å². The predicted molar refractivity (Wildman–Crippen MR) is 124 cm³/mol. The molecule has 0 radical (unpaired) electrons. The fourth-order valence-corrected chi connectivity index (χ4v) is 4.94. The van der Waals surface area contributed by atoms with E-state index in [9.17, 15) is 5.11 Å². The normalized spacial score (nSPS) is 15.1. The number of nitrogens with zero attached hydrogens (tertiary/aromatic N) is 4. The summed E-state index contributed by atoms with van der Waals surface area (Å²) in [5.41, 5.74) is 6.50. The molecule has 2 aromatic carbocycles. The van der Waals surface area contributed by atoms with Gasteiger partial charge in [-0.2, -0.15) is 10.4 Å². The monoisotopic (exact) mass is 424 g/mol. The van der Waals surface area contributed by atoms with Gasteiger partial charge in [-0.25, -0.2) is 0 Å². The lowest BCUT2D eigenvalue weighted by Gasteiger charge is -2.29. The highest BCUT2D eigenvalue weighted by Crippen LogP contribution is 2.40. The van der Waals surface area contributed by atoms with Crippen LogP contribution < -0.4 is 0 Å². The molecule has 0 amide bonds.